The Labute approximate surface area is 123 Å². The molecule has 0 radical (unpaired) electrons. The standard InChI is InChI=1S/C19H13NO/c21-19(13-7-9-20-10-8-13)16-6-5-15-11-14-3-1-2-4-17(14)18(15)12-16/h1-10,12H,11H2. The molecule has 3 aromatic rings. The van der Waals surface area contributed by atoms with E-state index in [-0.39, 0.29) is 5.78 Å². The van der Waals surface area contributed by atoms with Gasteiger partial charge >= 0.3 is 0 Å². The number of pyridine rings is 1. The quantitative estimate of drug-likeness (QED) is 0.518. The Balaban J connectivity index is 1.80. The summed E-state index contributed by atoms with van der Waals surface area (Å²) in [5.74, 6) is 0.0459. The van der Waals surface area contributed by atoms with Crippen molar-refractivity contribution in [2.75, 3.05) is 0 Å². The second kappa shape index (κ2) is 4.67. The molecular weight excluding hydrogens is 258 g/mol. The smallest absolute Gasteiger partial charge is 0.193 e. The summed E-state index contributed by atoms with van der Waals surface area (Å²) >= 11 is 0. The summed E-state index contributed by atoms with van der Waals surface area (Å²) in [4.78, 5) is 16.5. The van der Waals surface area contributed by atoms with Crippen molar-refractivity contribution in [1.29, 1.82) is 0 Å². The minimum absolute atomic E-state index is 0.0459. The van der Waals surface area contributed by atoms with Crippen molar-refractivity contribution in [3.8, 4) is 11.1 Å². The molecule has 0 fully saturated rings. The number of rotatable bonds is 2. The van der Waals surface area contributed by atoms with Crippen LogP contribution >= 0.6 is 0 Å². The predicted octanol–water partition coefficient (Wildman–Crippen LogP) is 3.88. The number of aromatic nitrogens is 1. The number of hydrogen-bond donors (Lipinski definition) is 0. The van der Waals surface area contributed by atoms with Crippen molar-refractivity contribution in [3.63, 3.8) is 0 Å². The molecule has 0 atom stereocenters. The van der Waals surface area contributed by atoms with E-state index in [9.17, 15) is 4.79 Å². The zero-order valence-electron chi connectivity index (χ0n) is 11.4. The third-order valence-electron chi connectivity index (χ3n) is 4.00. The maximum absolute atomic E-state index is 12.5. The minimum Gasteiger partial charge on any atom is -0.289 e. The average Bonchev–Trinajstić information content (AvgIpc) is 2.93. The van der Waals surface area contributed by atoms with E-state index in [1.165, 1.54) is 22.3 Å². The summed E-state index contributed by atoms with van der Waals surface area (Å²) in [7, 11) is 0. The fourth-order valence-corrected chi connectivity index (χ4v) is 2.93. The lowest BCUT2D eigenvalue weighted by Crippen LogP contribution is -2.01. The Kier molecular flexibility index (Phi) is 2.68. The van der Waals surface area contributed by atoms with Gasteiger partial charge in [0.15, 0.2) is 5.78 Å². The molecule has 100 valence electrons. The summed E-state index contributed by atoms with van der Waals surface area (Å²) in [5.41, 5.74) is 6.47. The van der Waals surface area contributed by atoms with Crippen molar-refractivity contribution >= 4 is 5.78 Å². The number of nitrogens with zero attached hydrogens (tertiary/aromatic N) is 1. The molecule has 4 rings (SSSR count). The molecule has 0 saturated heterocycles. The lowest BCUT2D eigenvalue weighted by molar-refractivity contribution is 0.103. The molecule has 0 aliphatic heterocycles. The van der Waals surface area contributed by atoms with Gasteiger partial charge in [-0.2, -0.15) is 0 Å². The first-order valence-electron chi connectivity index (χ1n) is 6.99. The summed E-state index contributed by atoms with van der Waals surface area (Å²) in [6.45, 7) is 0. The van der Waals surface area contributed by atoms with Crippen LogP contribution < -0.4 is 0 Å². The number of carbonyl (C=O) groups excluding carboxylic acids is 1. The van der Waals surface area contributed by atoms with E-state index in [1.54, 1.807) is 24.5 Å². The Bertz CT molecular complexity index is 837. The summed E-state index contributed by atoms with van der Waals surface area (Å²) in [6.07, 6.45) is 4.25. The second-order valence-corrected chi connectivity index (χ2v) is 5.27. The minimum atomic E-state index is 0.0459. The van der Waals surface area contributed by atoms with Crippen LogP contribution in [0.15, 0.2) is 67.0 Å². The fourth-order valence-electron chi connectivity index (χ4n) is 2.93. The average molecular weight is 271 g/mol. The lowest BCUT2D eigenvalue weighted by atomic mass is 9.98. The number of benzene rings is 2. The second-order valence-electron chi connectivity index (χ2n) is 5.27. The highest BCUT2D eigenvalue weighted by molar-refractivity contribution is 6.09. The highest BCUT2D eigenvalue weighted by Crippen LogP contribution is 2.37. The van der Waals surface area contributed by atoms with Gasteiger partial charge < -0.3 is 0 Å². The molecule has 0 unspecified atom stereocenters. The van der Waals surface area contributed by atoms with Crippen LogP contribution in [0.2, 0.25) is 0 Å². The Morgan fingerprint density at radius 1 is 0.810 bits per heavy atom. The van der Waals surface area contributed by atoms with Gasteiger partial charge in [0.2, 0.25) is 0 Å². The molecule has 1 aliphatic carbocycles. The van der Waals surface area contributed by atoms with Gasteiger partial charge in [0.05, 0.1) is 0 Å². The molecule has 0 amide bonds. The SMILES string of the molecule is O=C(c1ccncc1)c1ccc2c(c1)-c1ccccc1C2. The van der Waals surface area contributed by atoms with E-state index in [0.717, 1.165) is 12.0 Å². The summed E-state index contributed by atoms with van der Waals surface area (Å²) in [5, 5.41) is 0. The molecular formula is C19H13NO. The highest BCUT2D eigenvalue weighted by Gasteiger charge is 2.19. The van der Waals surface area contributed by atoms with Gasteiger partial charge in [-0.1, -0.05) is 36.4 Å². The Morgan fingerprint density at radius 2 is 1.57 bits per heavy atom. The molecule has 21 heavy (non-hydrogen) atoms. The normalized spacial score (nSPS) is 11.8. The Hall–Kier alpha value is -2.74. The molecule has 2 nitrogen and oxygen atoms in total. The zero-order valence-corrected chi connectivity index (χ0v) is 11.4. The van der Waals surface area contributed by atoms with Crippen molar-refractivity contribution in [3.05, 3.63) is 89.2 Å². The fraction of sp³-hybridized carbons (Fsp3) is 0.0526. The first-order valence-corrected chi connectivity index (χ1v) is 6.99. The number of fused-ring (bicyclic) bond motifs is 3. The van der Waals surface area contributed by atoms with E-state index in [4.69, 9.17) is 0 Å². The van der Waals surface area contributed by atoms with Gasteiger partial charge in [-0.05, 0) is 46.9 Å². The van der Waals surface area contributed by atoms with Gasteiger partial charge in [-0.15, -0.1) is 0 Å². The van der Waals surface area contributed by atoms with E-state index in [2.05, 4.69) is 29.2 Å². The van der Waals surface area contributed by atoms with Gasteiger partial charge in [0.25, 0.3) is 0 Å². The van der Waals surface area contributed by atoms with Crippen molar-refractivity contribution < 1.29 is 4.79 Å². The molecule has 1 heterocycles. The lowest BCUT2D eigenvalue weighted by Gasteiger charge is -2.05. The first kappa shape index (κ1) is 12.0. The van der Waals surface area contributed by atoms with Gasteiger partial charge in [0.1, 0.15) is 0 Å². The molecule has 0 spiro atoms. The molecule has 2 heteroatoms. The van der Waals surface area contributed by atoms with Crippen LogP contribution in [-0.2, 0) is 6.42 Å². The third kappa shape index (κ3) is 1.96. The highest BCUT2D eigenvalue weighted by atomic mass is 16.1. The first-order chi connectivity index (χ1) is 10.3. The van der Waals surface area contributed by atoms with Crippen LogP contribution in [0.1, 0.15) is 27.0 Å². The monoisotopic (exact) mass is 271 g/mol. The predicted molar refractivity (Wildman–Crippen MR) is 82.4 cm³/mol. The van der Waals surface area contributed by atoms with E-state index in [0.29, 0.717) is 5.56 Å². The largest absolute Gasteiger partial charge is 0.289 e. The van der Waals surface area contributed by atoms with Crippen molar-refractivity contribution in [2.45, 2.75) is 6.42 Å². The molecule has 0 N–H and O–H groups in total. The third-order valence-corrected chi connectivity index (χ3v) is 4.00. The maximum atomic E-state index is 12.5. The van der Waals surface area contributed by atoms with Gasteiger partial charge in [-0.3, -0.25) is 9.78 Å². The summed E-state index contributed by atoms with van der Waals surface area (Å²) < 4.78 is 0. The van der Waals surface area contributed by atoms with Gasteiger partial charge in [-0.25, -0.2) is 0 Å². The number of ketones is 1. The zero-order chi connectivity index (χ0) is 14.2. The Morgan fingerprint density at radius 3 is 2.43 bits per heavy atom. The molecule has 0 saturated carbocycles. The van der Waals surface area contributed by atoms with Crippen LogP contribution in [0.25, 0.3) is 11.1 Å². The number of carbonyl (C=O) groups is 1. The van der Waals surface area contributed by atoms with Crippen LogP contribution in [-0.4, -0.2) is 10.8 Å². The van der Waals surface area contributed by atoms with Crippen LogP contribution in [0.5, 0.6) is 0 Å². The van der Waals surface area contributed by atoms with E-state index in [1.807, 2.05) is 18.2 Å². The number of hydrogen-bond acceptors (Lipinski definition) is 2. The maximum Gasteiger partial charge on any atom is 0.193 e. The summed E-state index contributed by atoms with van der Waals surface area (Å²) in [6, 6.07) is 17.9. The molecule has 1 aromatic heterocycles. The van der Waals surface area contributed by atoms with E-state index >= 15 is 0 Å². The van der Waals surface area contributed by atoms with E-state index < -0.39 is 0 Å². The van der Waals surface area contributed by atoms with Crippen LogP contribution in [0.3, 0.4) is 0 Å². The topological polar surface area (TPSA) is 30.0 Å². The van der Waals surface area contributed by atoms with Crippen molar-refractivity contribution in [2.24, 2.45) is 0 Å². The molecule has 1 aliphatic rings. The van der Waals surface area contributed by atoms with Crippen LogP contribution in [0.4, 0.5) is 0 Å². The van der Waals surface area contributed by atoms with Crippen molar-refractivity contribution in [1.82, 2.24) is 4.98 Å². The van der Waals surface area contributed by atoms with Gasteiger partial charge in [0, 0.05) is 23.5 Å². The molecule has 0 bridgehead atoms. The molecule has 2 aromatic carbocycles. The van der Waals surface area contributed by atoms with Crippen LogP contribution in [0, 0.1) is 0 Å².